The van der Waals surface area contributed by atoms with Crippen LogP contribution in [0.5, 0.6) is 0 Å². The van der Waals surface area contributed by atoms with Gasteiger partial charge in [0.05, 0.1) is 16.6 Å². The highest BCUT2D eigenvalue weighted by Crippen LogP contribution is 2.26. The van der Waals surface area contributed by atoms with Crippen LogP contribution in [0.25, 0.3) is 0 Å². The minimum atomic E-state index is -0.543. The molecule has 6 heteroatoms. The van der Waals surface area contributed by atoms with Gasteiger partial charge in [-0.3, -0.25) is 10.1 Å². The Morgan fingerprint density at radius 3 is 2.71 bits per heavy atom. The average Bonchev–Trinajstić information content (AvgIpc) is 2.48. The Labute approximate surface area is 120 Å². The van der Waals surface area contributed by atoms with Gasteiger partial charge in [-0.2, -0.15) is 5.26 Å². The molecule has 0 spiro atoms. The molecular formula is C15H12FN3O2. The maximum atomic E-state index is 13.2. The summed E-state index contributed by atoms with van der Waals surface area (Å²) in [5, 5.41) is 22.7. The van der Waals surface area contributed by atoms with Crippen molar-refractivity contribution in [1.29, 1.82) is 5.26 Å². The number of hydrogen-bond donors (Lipinski definition) is 1. The van der Waals surface area contributed by atoms with Crippen LogP contribution in [0.3, 0.4) is 0 Å². The van der Waals surface area contributed by atoms with Crippen LogP contribution < -0.4 is 5.32 Å². The number of hydrogen-bond acceptors (Lipinski definition) is 4. The summed E-state index contributed by atoms with van der Waals surface area (Å²) in [6.45, 7) is 1.98. The summed E-state index contributed by atoms with van der Waals surface area (Å²) in [5.41, 5.74) is 1.72. The van der Waals surface area contributed by atoms with E-state index in [-0.39, 0.29) is 17.1 Å². The maximum Gasteiger partial charge on any atom is 0.293 e. The van der Waals surface area contributed by atoms with E-state index in [1.807, 2.05) is 6.07 Å². The first-order chi connectivity index (χ1) is 10.0. The third kappa shape index (κ3) is 3.34. The molecule has 0 aromatic heterocycles. The molecule has 2 aromatic rings. The zero-order chi connectivity index (χ0) is 15.4. The number of anilines is 1. The van der Waals surface area contributed by atoms with E-state index in [1.165, 1.54) is 24.3 Å². The summed E-state index contributed by atoms with van der Waals surface area (Å²) in [5.74, 6) is -0.289. The van der Waals surface area contributed by atoms with E-state index in [0.717, 1.165) is 5.56 Å². The molecule has 0 aliphatic heterocycles. The van der Waals surface area contributed by atoms with Crippen molar-refractivity contribution in [3.8, 4) is 6.07 Å². The Morgan fingerprint density at radius 1 is 1.33 bits per heavy atom. The van der Waals surface area contributed by atoms with Crippen LogP contribution >= 0.6 is 0 Å². The van der Waals surface area contributed by atoms with E-state index in [1.54, 1.807) is 19.1 Å². The Balaban J connectivity index is 2.21. The molecule has 0 saturated carbocycles. The number of benzene rings is 2. The summed E-state index contributed by atoms with van der Waals surface area (Å²) >= 11 is 0. The van der Waals surface area contributed by atoms with Crippen molar-refractivity contribution in [2.45, 2.75) is 13.5 Å². The van der Waals surface area contributed by atoms with Crippen LogP contribution in [-0.2, 0) is 6.54 Å². The molecule has 0 atom stereocenters. The van der Waals surface area contributed by atoms with Crippen LogP contribution in [0.15, 0.2) is 36.4 Å². The molecule has 0 saturated heterocycles. The lowest BCUT2D eigenvalue weighted by Crippen LogP contribution is -2.03. The third-order valence-corrected chi connectivity index (χ3v) is 3.03. The number of nitro benzene ring substituents is 1. The number of nitrogens with one attached hydrogen (secondary N) is 1. The lowest BCUT2D eigenvalue weighted by molar-refractivity contribution is -0.384. The minimum Gasteiger partial charge on any atom is -0.375 e. The molecule has 0 bridgehead atoms. The number of rotatable bonds is 4. The van der Waals surface area contributed by atoms with Gasteiger partial charge >= 0.3 is 0 Å². The second-order valence-electron chi connectivity index (χ2n) is 4.54. The Kier molecular flexibility index (Phi) is 4.14. The van der Waals surface area contributed by atoms with Gasteiger partial charge < -0.3 is 5.32 Å². The lowest BCUT2D eigenvalue weighted by atomic mass is 10.1. The standard InChI is InChI=1S/C15H12FN3O2/c1-10-6-12(2-4-13(10)16)9-18-14-5-3-11(8-17)7-15(14)19(20)21/h2-7,18H,9H2,1H3. The molecule has 2 aromatic carbocycles. The van der Waals surface area contributed by atoms with Gasteiger partial charge in [0.15, 0.2) is 0 Å². The number of nitro groups is 1. The lowest BCUT2D eigenvalue weighted by Gasteiger charge is -2.08. The molecule has 2 rings (SSSR count). The summed E-state index contributed by atoms with van der Waals surface area (Å²) in [6, 6.07) is 10.7. The van der Waals surface area contributed by atoms with Gasteiger partial charge in [-0.25, -0.2) is 4.39 Å². The molecule has 106 valence electrons. The first-order valence-electron chi connectivity index (χ1n) is 6.18. The van der Waals surface area contributed by atoms with Crippen molar-refractivity contribution in [3.05, 3.63) is 69.0 Å². The quantitative estimate of drug-likeness (QED) is 0.688. The first kappa shape index (κ1) is 14.5. The summed E-state index contributed by atoms with van der Waals surface area (Å²) < 4.78 is 13.2. The van der Waals surface area contributed by atoms with Gasteiger partial charge in [-0.05, 0) is 36.2 Å². The fourth-order valence-electron chi connectivity index (χ4n) is 1.92. The van der Waals surface area contributed by atoms with E-state index >= 15 is 0 Å². The van der Waals surface area contributed by atoms with Crippen LogP contribution in [0.2, 0.25) is 0 Å². The second-order valence-corrected chi connectivity index (χ2v) is 4.54. The van der Waals surface area contributed by atoms with E-state index in [0.29, 0.717) is 17.8 Å². The van der Waals surface area contributed by atoms with Crippen LogP contribution in [0, 0.1) is 34.2 Å². The number of aryl methyl sites for hydroxylation is 1. The molecule has 21 heavy (non-hydrogen) atoms. The third-order valence-electron chi connectivity index (χ3n) is 3.03. The van der Waals surface area contributed by atoms with Crippen molar-refractivity contribution >= 4 is 11.4 Å². The predicted molar refractivity (Wildman–Crippen MR) is 76.3 cm³/mol. The fourth-order valence-corrected chi connectivity index (χ4v) is 1.92. The highest BCUT2D eigenvalue weighted by atomic mass is 19.1. The van der Waals surface area contributed by atoms with Crippen LogP contribution in [0.1, 0.15) is 16.7 Å². The van der Waals surface area contributed by atoms with Crippen molar-refractivity contribution < 1.29 is 9.31 Å². The molecular weight excluding hydrogens is 273 g/mol. The zero-order valence-electron chi connectivity index (χ0n) is 11.3. The van der Waals surface area contributed by atoms with Crippen molar-refractivity contribution in [3.63, 3.8) is 0 Å². The first-order valence-corrected chi connectivity index (χ1v) is 6.18. The highest BCUT2D eigenvalue weighted by molar-refractivity contribution is 5.64. The largest absolute Gasteiger partial charge is 0.375 e. The van der Waals surface area contributed by atoms with Gasteiger partial charge in [0.25, 0.3) is 5.69 Å². The molecule has 0 radical (unpaired) electrons. The summed E-state index contributed by atoms with van der Waals surface area (Å²) in [6.07, 6.45) is 0. The van der Waals surface area contributed by atoms with Crippen LogP contribution in [0.4, 0.5) is 15.8 Å². The Morgan fingerprint density at radius 2 is 2.10 bits per heavy atom. The van der Waals surface area contributed by atoms with Gasteiger partial charge in [-0.1, -0.05) is 12.1 Å². The molecule has 0 unspecified atom stereocenters. The molecule has 1 N–H and O–H groups in total. The van der Waals surface area contributed by atoms with Crippen molar-refractivity contribution in [2.24, 2.45) is 0 Å². The SMILES string of the molecule is Cc1cc(CNc2ccc(C#N)cc2[N+](=O)[O-])ccc1F. The minimum absolute atomic E-state index is 0.159. The molecule has 0 fully saturated rings. The molecule has 0 aliphatic carbocycles. The Bertz CT molecular complexity index is 738. The van der Waals surface area contributed by atoms with E-state index in [4.69, 9.17) is 5.26 Å². The second kappa shape index (κ2) is 6.01. The van der Waals surface area contributed by atoms with E-state index < -0.39 is 4.92 Å². The molecule has 5 nitrogen and oxygen atoms in total. The van der Waals surface area contributed by atoms with Gasteiger partial charge in [0.1, 0.15) is 11.5 Å². The number of halogens is 1. The fraction of sp³-hybridized carbons (Fsp3) is 0.133. The highest BCUT2D eigenvalue weighted by Gasteiger charge is 2.14. The van der Waals surface area contributed by atoms with Gasteiger partial charge in [-0.15, -0.1) is 0 Å². The maximum absolute atomic E-state index is 13.2. The van der Waals surface area contributed by atoms with Crippen molar-refractivity contribution in [2.75, 3.05) is 5.32 Å². The zero-order valence-corrected chi connectivity index (χ0v) is 11.3. The summed E-state index contributed by atoms with van der Waals surface area (Å²) in [7, 11) is 0. The Hall–Kier alpha value is -2.94. The normalized spacial score (nSPS) is 9.95. The predicted octanol–water partition coefficient (Wildman–Crippen LogP) is 3.53. The average molecular weight is 285 g/mol. The van der Waals surface area contributed by atoms with Crippen molar-refractivity contribution in [1.82, 2.24) is 0 Å². The van der Waals surface area contributed by atoms with E-state index in [9.17, 15) is 14.5 Å². The van der Waals surface area contributed by atoms with Gasteiger partial charge in [0.2, 0.25) is 0 Å². The van der Waals surface area contributed by atoms with E-state index in [2.05, 4.69) is 5.32 Å². The molecule has 0 amide bonds. The number of nitriles is 1. The molecule has 0 aliphatic rings. The van der Waals surface area contributed by atoms with Crippen LogP contribution in [-0.4, -0.2) is 4.92 Å². The smallest absolute Gasteiger partial charge is 0.293 e. The van der Waals surface area contributed by atoms with Gasteiger partial charge in [0, 0.05) is 12.6 Å². The summed E-state index contributed by atoms with van der Waals surface area (Å²) in [4.78, 5) is 10.5. The molecule has 0 heterocycles. The monoisotopic (exact) mass is 285 g/mol. The number of nitrogens with zero attached hydrogens (tertiary/aromatic N) is 2. The topological polar surface area (TPSA) is 79.0 Å².